The van der Waals surface area contributed by atoms with E-state index in [2.05, 4.69) is 9.97 Å². The van der Waals surface area contributed by atoms with Crippen LogP contribution in [0.25, 0.3) is 0 Å². The van der Waals surface area contributed by atoms with Crippen molar-refractivity contribution in [1.29, 1.82) is 0 Å². The lowest BCUT2D eigenvalue weighted by Gasteiger charge is -2.25. The second-order valence-corrected chi connectivity index (χ2v) is 5.33. The average molecular weight is 318 g/mol. The lowest BCUT2D eigenvalue weighted by Crippen LogP contribution is -2.36. The van der Waals surface area contributed by atoms with Gasteiger partial charge in [0.15, 0.2) is 11.9 Å². The molecule has 6 nitrogen and oxygen atoms in total. The maximum Gasteiger partial charge on any atom is 0.425 e. The molecule has 0 saturated heterocycles. The molecule has 0 amide bonds. The van der Waals surface area contributed by atoms with Gasteiger partial charge in [0.1, 0.15) is 5.78 Å². The fraction of sp³-hybridized carbons (Fsp3) is 0.615. The van der Waals surface area contributed by atoms with Crippen molar-refractivity contribution in [2.24, 2.45) is 5.73 Å². The molecule has 22 heavy (non-hydrogen) atoms. The van der Waals surface area contributed by atoms with Crippen LogP contribution < -0.4 is 16.2 Å². The molecule has 0 bridgehead atoms. The van der Waals surface area contributed by atoms with Crippen molar-refractivity contribution >= 4 is 11.6 Å². The lowest BCUT2D eigenvalue weighted by atomic mass is 9.83. The molecule has 1 aliphatic carbocycles. The maximum absolute atomic E-state index is 12.5. The monoisotopic (exact) mass is 318 g/mol. The summed E-state index contributed by atoms with van der Waals surface area (Å²) in [5, 5.41) is 0. The Balaban J connectivity index is 2.18. The predicted octanol–water partition coefficient (Wildman–Crippen LogP) is 1.55. The number of nitrogens with zero attached hydrogens (tertiary/aromatic N) is 2. The van der Waals surface area contributed by atoms with E-state index in [1.165, 1.54) is 6.20 Å². The normalized spacial score (nSPS) is 24.1. The molecule has 0 spiro atoms. The van der Waals surface area contributed by atoms with Crippen molar-refractivity contribution in [3.05, 3.63) is 11.9 Å². The van der Waals surface area contributed by atoms with Crippen LogP contribution in [0.4, 0.5) is 19.0 Å². The van der Waals surface area contributed by atoms with E-state index in [1.54, 1.807) is 0 Å². The topological polar surface area (TPSA) is 104 Å². The quantitative estimate of drug-likeness (QED) is 0.876. The van der Waals surface area contributed by atoms with E-state index in [4.69, 9.17) is 16.2 Å². The SMILES string of the molecule is CC(Oc1nc(C2CCC(=O)C(N)C2)cnc1N)C(F)(F)F. The van der Waals surface area contributed by atoms with E-state index >= 15 is 0 Å². The Morgan fingerprint density at radius 2 is 2.14 bits per heavy atom. The Morgan fingerprint density at radius 1 is 1.45 bits per heavy atom. The summed E-state index contributed by atoms with van der Waals surface area (Å²) in [6.07, 6.45) is -3.97. The lowest BCUT2D eigenvalue weighted by molar-refractivity contribution is -0.189. The summed E-state index contributed by atoms with van der Waals surface area (Å²) >= 11 is 0. The molecule has 0 radical (unpaired) electrons. The van der Waals surface area contributed by atoms with Gasteiger partial charge in [-0.3, -0.25) is 4.79 Å². The number of hydrogen-bond donors (Lipinski definition) is 2. The third kappa shape index (κ3) is 3.65. The van der Waals surface area contributed by atoms with Crippen LogP contribution in [0.5, 0.6) is 5.88 Å². The van der Waals surface area contributed by atoms with Gasteiger partial charge in [-0.15, -0.1) is 0 Å². The van der Waals surface area contributed by atoms with Gasteiger partial charge in [-0.05, 0) is 19.8 Å². The van der Waals surface area contributed by atoms with E-state index < -0.39 is 18.3 Å². The number of Topliss-reactive ketones (excluding diaryl/α,β-unsaturated/α-hetero) is 1. The molecule has 1 aromatic heterocycles. The van der Waals surface area contributed by atoms with Crippen molar-refractivity contribution < 1.29 is 22.7 Å². The zero-order valence-electron chi connectivity index (χ0n) is 11.9. The minimum absolute atomic E-state index is 0.0261. The maximum atomic E-state index is 12.5. The highest BCUT2D eigenvalue weighted by Gasteiger charge is 2.39. The number of hydrogen-bond acceptors (Lipinski definition) is 6. The van der Waals surface area contributed by atoms with Gasteiger partial charge < -0.3 is 16.2 Å². The molecule has 1 fully saturated rings. The number of halogens is 3. The van der Waals surface area contributed by atoms with Crippen LogP contribution in [0.3, 0.4) is 0 Å². The molecule has 0 aliphatic heterocycles. The van der Waals surface area contributed by atoms with E-state index in [9.17, 15) is 18.0 Å². The van der Waals surface area contributed by atoms with Crippen LogP contribution in [0.2, 0.25) is 0 Å². The van der Waals surface area contributed by atoms with Crippen molar-refractivity contribution in [1.82, 2.24) is 9.97 Å². The number of nitrogen functional groups attached to an aromatic ring is 1. The summed E-state index contributed by atoms with van der Waals surface area (Å²) < 4.78 is 42.4. The molecule has 0 aromatic carbocycles. The van der Waals surface area contributed by atoms with Gasteiger partial charge in [-0.1, -0.05) is 0 Å². The third-order valence-corrected chi connectivity index (χ3v) is 3.64. The second-order valence-electron chi connectivity index (χ2n) is 5.33. The standard InChI is InChI=1S/C13H17F3N4O2/c1-6(13(14,15)16)22-12-11(18)19-5-9(20-12)7-2-3-10(21)8(17)4-7/h5-8H,2-4,17H2,1H3,(H2,18,19). The number of ether oxygens (including phenoxy) is 1. The Morgan fingerprint density at radius 3 is 2.73 bits per heavy atom. The minimum atomic E-state index is -4.52. The number of rotatable bonds is 3. The van der Waals surface area contributed by atoms with Crippen LogP contribution in [0, 0.1) is 0 Å². The Labute approximate surface area is 125 Å². The fourth-order valence-electron chi connectivity index (χ4n) is 2.24. The van der Waals surface area contributed by atoms with Crippen LogP contribution in [-0.4, -0.2) is 34.1 Å². The molecule has 1 saturated carbocycles. The molecule has 3 atom stereocenters. The van der Waals surface area contributed by atoms with Gasteiger partial charge in [0.2, 0.25) is 0 Å². The number of ketones is 1. The van der Waals surface area contributed by atoms with Gasteiger partial charge in [0.05, 0.1) is 17.9 Å². The molecule has 1 aliphatic rings. The summed E-state index contributed by atoms with van der Waals surface area (Å²) in [6.45, 7) is 0.864. The predicted molar refractivity (Wildman–Crippen MR) is 72.2 cm³/mol. The number of alkyl halides is 3. The largest absolute Gasteiger partial charge is 0.462 e. The summed E-state index contributed by atoms with van der Waals surface area (Å²) in [5.74, 6) is -0.741. The van der Waals surface area contributed by atoms with Gasteiger partial charge in [0.25, 0.3) is 5.88 Å². The Hall–Kier alpha value is -1.90. The van der Waals surface area contributed by atoms with Crippen molar-refractivity contribution in [2.45, 2.75) is 50.4 Å². The minimum Gasteiger partial charge on any atom is -0.462 e. The molecular formula is C13H17F3N4O2. The number of nitrogens with two attached hydrogens (primary N) is 2. The number of anilines is 1. The molecule has 9 heteroatoms. The zero-order valence-corrected chi connectivity index (χ0v) is 11.9. The molecular weight excluding hydrogens is 301 g/mol. The van der Waals surface area contributed by atoms with Crippen LogP contribution in [0.1, 0.15) is 37.8 Å². The van der Waals surface area contributed by atoms with Gasteiger partial charge in [-0.2, -0.15) is 13.2 Å². The van der Waals surface area contributed by atoms with Crippen molar-refractivity contribution in [3.8, 4) is 5.88 Å². The molecule has 1 heterocycles. The van der Waals surface area contributed by atoms with Crippen LogP contribution >= 0.6 is 0 Å². The summed E-state index contributed by atoms with van der Waals surface area (Å²) in [5.41, 5.74) is 11.7. The van der Waals surface area contributed by atoms with Gasteiger partial charge in [-0.25, -0.2) is 9.97 Å². The Bertz CT molecular complexity index is 565. The van der Waals surface area contributed by atoms with Crippen molar-refractivity contribution in [3.63, 3.8) is 0 Å². The molecule has 4 N–H and O–H groups in total. The number of carbonyl (C=O) groups is 1. The highest BCUT2D eigenvalue weighted by atomic mass is 19.4. The molecule has 1 aromatic rings. The van der Waals surface area contributed by atoms with E-state index in [-0.39, 0.29) is 23.4 Å². The zero-order chi connectivity index (χ0) is 16.5. The molecule has 122 valence electrons. The highest BCUT2D eigenvalue weighted by molar-refractivity contribution is 5.84. The first-order chi connectivity index (χ1) is 10.2. The van der Waals surface area contributed by atoms with Gasteiger partial charge >= 0.3 is 6.18 Å². The van der Waals surface area contributed by atoms with E-state index in [0.717, 1.165) is 6.92 Å². The highest BCUT2D eigenvalue weighted by Crippen LogP contribution is 2.32. The van der Waals surface area contributed by atoms with E-state index in [0.29, 0.717) is 25.0 Å². The number of carbonyl (C=O) groups excluding carboxylic acids is 1. The first kappa shape index (κ1) is 16.5. The average Bonchev–Trinajstić information content (AvgIpc) is 2.43. The van der Waals surface area contributed by atoms with Crippen molar-refractivity contribution in [2.75, 3.05) is 5.73 Å². The van der Waals surface area contributed by atoms with Crippen LogP contribution in [0.15, 0.2) is 6.20 Å². The second kappa shape index (κ2) is 6.07. The summed E-state index contributed by atoms with van der Waals surface area (Å²) in [6, 6.07) is -0.587. The third-order valence-electron chi connectivity index (χ3n) is 3.64. The Kier molecular flexibility index (Phi) is 4.55. The number of aromatic nitrogens is 2. The summed E-state index contributed by atoms with van der Waals surface area (Å²) in [4.78, 5) is 19.3. The molecule has 3 unspecified atom stereocenters. The fourth-order valence-corrected chi connectivity index (χ4v) is 2.24. The van der Waals surface area contributed by atoms with Gasteiger partial charge in [0, 0.05) is 12.3 Å². The van der Waals surface area contributed by atoms with Crippen LogP contribution in [-0.2, 0) is 4.79 Å². The smallest absolute Gasteiger partial charge is 0.425 e. The van der Waals surface area contributed by atoms with E-state index in [1.807, 2.05) is 0 Å². The first-order valence-corrected chi connectivity index (χ1v) is 6.82. The summed E-state index contributed by atoms with van der Waals surface area (Å²) in [7, 11) is 0. The molecule has 2 rings (SSSR count). The first-order valence-electron chi connectivity index (χ1n) is 6.82.